The molecule has 0 saturated heterocycles. The predicted molar refractivity (Wildman–Crippen MR) is 118 cm³/mol. The van der Waals surface area contributed by atoms with Gasteiger partial charge in [-0.25, -0.2) is 4.79 Å². The number of aromatic carboxylic acids is 1. The first-order valence-electron chi connectivity index (χ1n) is 9.41. The number of carboxylic acid groups (broad SMARTS) is 1. The van der Waals surface area contributed by atoms with Crippen molar-refractivity contribution in [1.29, 1.82) is 0 Å². The molecule has 0 saturated carbocycles. The number of carboxylic acids is 1. The molecule has 0 atom stereocenters. The monoisotopic (exact) mass is 398 g/mol. The molecule has 0 aliphatic heterocycles. The minimum Gasteiger partial charge on any atom is -0.478 e. The minimum absolute atomic E-state index is 0.0114. The van der Waals surface area contributed by atoms with E-state index in [0.717, 1.165) is 16.7 Å². The van der Waals surface area contributed by atoms with Crippen molar-refractivity contribution in [3.8, 4) is 28.7 Å². The highest BCUT2D eigenvalue weighted by atomic mass is 16.7. The Balaban J connectivity index is 1.85. The van der Waals surface area contributed by atoms with E-state index in [9.17, 15) is 4.79 Å². The Labute approximate surface area is 176 Å². The second-order valence-corrected chi connectivity index (χ2v) is 6.62. The van der Waals surface area contributed by atoms with Crippen LogP contribution in [-0.2, 0) is 4.74 Å². The topological polar surface area (TPSA) is 55.8 Å². The van der Waals surface area contributed by atoms with Gasteiger partial charge in [0.1, 0.15) is 5.75 Å². The van der Waals surface area contributed by atoms with Gasteiger partial charge in [0.2, 0.25) is 0 Å². The molecule has 0 aliphatic rings. The van der Waals surface area contributed by atoms with Crippen LogP contribution in [-0.4, -0.2) is 25.0 Å². The fraction of sp³-hybridized carbons (Fsp3) is 0.115. The highest BCUT2D eigenvalue weighted by molar-refractivity contribution is 5.88. The third-order valence-corrected chi connectivity index (χ3v) is 4.44. The van der Waals surface area contributed by atoms with Crippen LogP contribution in [0, 0.1) is 18.8 Å². The van der Waals surface area contributed by atoms with E-state index < -0.39 is 5.97 Å². The summed E-state index contributed by atoms with van der Waals surface area (Å²) in [5.41, 5.74) is 5.28. The molecule has 1 N–H and O–H groups in total. The molecule has 4 heteroatoms. The van der Waals surface area contributed by atoms with Crippen LogP contribution in [0.5, 0.6) is 5.75 Å². The summed E-state index contributed by atoms with van der Waals surface area (Å²) in [4.78, 5) is 11.2. The second kappa shape index (κ2) is 10.1. The first-order chi connectivity index (χ1) is 14.6. The summed E-state index contributed by atoms with van der Waals surface area (Å²) >= 11 is 0. The van der Waals surface area contributed by atoms with Gasteiger partial charge in [-0.1, -0.05) is 65.9 Å². The molecule has 30 heavy (non-hydrogen) atoms. The van der Waals surface area contributed by atoms with Crippen molar-refractivity contribution < 1.29 is 19.4 Å². The predicted octanol–water partition coefficient (Wildman–Crippen LogP) is 5.41. The van der Waals surface area contributed by atoms with E-state index >= 15 is 0 Å². The number of benzene rings is 3. The standard InChI is InChI=1S/C26H22O4/c1-19-11-13-21(14-12-19)24-10-6-5-8-20(24)7-3-4-9-22-15-16-23(26(27)28)17-25(22)30-18-29-2/h3,5-8,10-17H,18H2,1-2H3,(H,27,28). The third-order valence-electron chi connectivity index (χ3n) is 4.44. The van der Waals surface area contributed by atoms with Gasteiger partial charge in [-0.15, -0.1) is 0 Å². The molecule has 3 rings (SSSR count). The molecule has 0 fully saturated rings. The number of allylic oxidation sites excluding steroid dienone is 1. The molecule has 0 aromatic heterocycles. The van der Waals surface area contributed by atoms with Gasteiger partial charge in [-0.2, -0.15) is 0 Å². The first-order valence-corrected chi connectivity index (χ1v) is 9.41. The van der Waals surface area contributed by atoms with Gasteiger partial charge in [-0.05, 0) is 54.0 Å². The first kappa shape index (κ1) is 20.9. The summed E-state index contributed by atoms with van der Waals surface area (Å²) in [5.74, 6) is 5.37. The molecule has 0 bridgehead atoms. The SMILES string of the molecule is COCOc1cc(C(=O)O)ccc1C#CC=Cc1ccccc1-c1ccc(C)cc1. The normalized spacial score (nSPS) is 10.5. The van der Waals surface area contributed by atoms with Crippen molar-refractivity contribution in [3.63, 3.8) is 0 Å². The van der Waals surface area contributed by atoms with Crippen LogP contribution in [0.25, 0.3) is 17.2 Å². The Morgan fingerprint density at radius 3 is 2.57 bits per heavy atom. The van der Waals surface area contributed by atoms with Crippen LogP contribution < -0.4 is 4.74 Å². The van der Waals surface area contributed by atoms with E-state index in [4.69, 9.17) is 14.6 Å². The van der Waals surface area contributed by atoms with Crippen molar-refractivity contribution in [2.45, 2.75) is 6.92 Å². The molecule has 0 aliphatic carbocycles. The van der Waals surface area contributed by atoms with Crippen molar-refractivity contribution in [2.24, 2.45) is 0 Å². The van der Waals surface area contributed by atoms with Crippen molar-refractivity contribution in [2.75, 3.05) is 13.9 Å². The Bertz CT molecular complexity index is 1120. The molecule has 3 aromatic rings. The minimum atomic E-state index is -1.02. The zero-order valence-electron chi connectivity index (χ0n) is 16.9. The van der Waals surface area contributed by atoms with E-state index in [1.165, 1.54) is 24.8 Å². The van der Waals surface area contributed by atoms with Crippen LogP contribution in [0.2, 0.25) is 0 Å². The van der Waals surface area contributed by atoms with Gasteiger partial charge in [0.25, 0.3) is 0 Å². The van der Waals surface area contributed by atoms with Gasteiger partial charge in [0.15, 0.2) is 6.79 Å². The molecular weight excluding hydrogens is 376 g/mol. The fourth-order valence-corrected chi connectivity index (χ4v) is 2.89. The Morgan fingerprint density at radius 1 is 1.07 bits per heavy atom. The van der Waals surface area contributed by atoms with Crippen LogP contribution in [0.1, 0.15) is 27.0 Å². The lowest BCUT2D eigenvalue weighted by Gasteiger charge is -2.08. The summed E-state index contributed by atoms with van der Waals surface area (Å²) in [6.07, 6.45) is 3.74. The lowest BCUT2D eigenvalue weighted by Crippen LogP contribution is -2.03. The number of methoxy groups -OCH3 is 1. The smallest absolute Gasteiger partial charge is 0.335 e. The molecule has 4 nitrogen and oxygen atoms in total. The maximum Gasteiger partial charge on any atom is 0.335 e. The summed E-state index contributed by atoms with van der Waals surface area (Å²) in [7, 11) is 1.50. The molecule has 0 amide bonds. The lowest BCUT2D eigenvalue weighted by molar-refractivity contribution is 0.0505. The quantitative estimate of drug-likeness (QED) is 0.446. The van der Waals surface area contributed by atoms with Gasteiger partial charge < -0.3 is 14.6 Å². The number of hydrogen-bond acceptors (Lipinski definition) is 3. The Hall–Kier alpha value is -3.81. The van der Waals surface area contributed by atoms with E-state index in [2.05, 4.69) is 49.1 Å². The summed E-state index contributed by atoms with van der Waals surface area (Å²) < 4.78 is 10.4. The summed E-state index contributed by atoms with van der Waals surface area (Å²) in [6.45, 7) is 2.08. The molecule has 3 aromatic carbocycles. The zero-order valence-corrected chi connectivity index (χ0v) is 16.9. The third kappa shape index (κ3) is 5.38. The van der Waals surface area contributed by atoms with Crippen LogP contribution in [0.3, 0.4) is 0 Å². The zero-order chi connectivity index (χ0) is 21.3. The fourth-order valence-electron chi connectivity index (χ4n) is 2.89. The van der Waals surface area contributed by atoms with Crippen molar-refractivity contribution in [1.82, 2.24) is 0 Å². The maximum atomic E-state index is 11.2. The molecule has 0 spiro atoms. The number of carbonyl (C=O) groups is 1. The molecule has 0 unspecified atom stereocenters. The van der Waals surface area contributed by atoms with Gasteiger partial charge in [-0.3, -0.25) is 0 Å². The highest BCUT2D eigenvalue weighted by Gasteiger charge is 2.08. The molecule has 0 heterocycles. The van der Waals surface area contributed by atoms with E-state index in [-0.39, 0.29) is 12.4 Å². The summed E-state index contributed by atoms with van der Waals surface area (Å²) in [6, 6.07) is 21.1. The number of ether oxygens (including phenoxy) is 2. The number of aryl methyl sites for hydroxylation is 1. The van der Waals surface area contributed by atoms with Gasteiger partial charge in [0, 0.05) is 7.11 Å². The van der Waals surface area contributed by atoms with E-state index in [1.807, 2.05) is 24.3 Å². The number of rotatable bonds is 6. The summed E-state index contributed by atoms with van der Waals surface area (Å²) in [5, 5.41) is 9.17. The molecule has 150 valence electrons. The van der Waals surface area contributed by atoms with Crippen molar-refractivity contribution >= 4 is 12.0 Å². The van der Waals surface area contributed by atoms with Crippen LogP contribution in [0.4, 0.5) is 0 Å². The van der Waals surface area contributed by atoms with E-state index in [0.29, 0.717) is 11.3 Å². The average molecular weight is 398 g/mol. The Morgan fingerprint density at radius 2 is 1.83 bits per heavy atom. The van der Waals surface area contributed by atoms with Crippen LogP contribution >= 0.6 is 0 Å². The Kier molecular flexibility index (Phi) is 7.05. The molecule has 0 radical (unpaired) electrons. The van der Waals surface area contributed by atoms with Crippen LogP contribution in [0.15, 0.2) is 72.8 Å². The van der Waals surface area contributed by atoms with Crippen molar-refractivity contribution in [3.05, 3.63) is 95.1 Å². The van der Waals surface area contributed by atoms with E-state index in [1.54, 1.807) is 12.1 Å². The number of hydrogen-bond donors (Lipinski definition) is 1. The highest BCUT2D eigenvalue weighted by Crippen LogP contribution is 2.25. The molecular formula is C26H22O4. The maximum absolute atomic E-state index is 11.2. The second-order valence-electron chi connectivity index (χ2n) is 6.62. The average Bonchev–Trinajstić information content (AvgIpc) is 2.76. The van der Waals surface area contributed by atoms with Gasteiger partial charge in [0.05, 0.1) is 11.1 Å². The largest absolute Gasteiger partial charge is 0.478 e. The lowest BCUT2D eigenvalue weighted by atomic mass is 9.98. The van der Waals surface area contributed by atoms with Gasteiger partial charge >= 0.3 is 5.97 Å².